The van der Waals surface area contributed by atoms with Gasteiger partial charge in [-0.1, -0.05) is 37.3 Å². The van der Waals surface area contributed by atoms with Gasteiger partial charge in [0, 0.05) is 19.6 Å². The van der Waals surface area contributed by atoms with Crippen molar-refractivity contribution in [3.05, 3.63) is 41.7 Å². The number of aliphatic carboxylic acids is 1. The van der Waals surface area contributed by atoms with Gasteiger partial charge >= 0.3 is 12.1 Å². The molecular weight excluding hydrogens is 478 g/mol. The SMILES string of the molecule is CC(C)CN(C(=O)c1nnn(-c2ccccc2)c1CO)[C@@H]1CN(C(=O)OC(C)(C)C)C[C@](C)(C(=O)O)C1. The molecule has 1 aliphatic rings. The van der Waals surface area contributed by atoms with Crippen LogP contribution >= 0.6 is 0 Å². The fourth-order valence-electron chi connectivity index (χ4n) is 4.53. The van der Waals surface area contributed by atoms with E-state index in [1.165, 1.54) is 9.58 Å². The molecule has 2 amide bonds. The molecule has 1 saturated heterocycles. The Kier molecular flexibility index (Phi) is 8.26. The Bertz CT molecular complexity index is 1130. The summed E-state index contributed by atoms with van der Waals surface area (Å²) >= 11 is 0. The highest BCUT2D eigenvalue weighted by molar-refractivity contribution is 5.94. The molecule has 2 atom stereocenters. The minimum atomic E-state index is -1.29. The quantitative estimate of drug-likeness (QED) is 0.574. The predicted octanol–water partition coefficient (Wildman–Crippen LogP) is 2.96. The number of rotatable bonds is 7. The molecule has 2 N–H and O–H groups in total. The van der Waals surface area contributed by atoms with E-state index in [0.29, 0.717) is 12.2 Å². The lowest BCUT2D eigenvalue weighted by Crippen LogP contribution is -2.60. The van der Waals surface area contributed by atoms with Crippen LogP contribution in [0.15, 0.2) is 30.3 Å². The number of benzene rings is 1. The maximum Gasteiger partial charge on any atom is 0.410 e. The second-order valence-corrected chi connectivity index (χ2v) is 11.2. The summed E-state index contributed by atoms with van der Waals surface area (Å²) < 4.78 is 6.94. The topological polar surface area (TPSA) is 138 Å². The molecule has 0 saturated carbocycles. The van der Waals surface area contributed by atoms with Gasteiger partial charge in [0.05, 0.1) is 23.8 Å². The van der Waals surface area contributed by atoms with Crippen molar-refractivity contribution in [1.29, 1.82) is 0 Å². The normalized spacial score (nSPS) is 20.1. The largest absolute Gasteiger partial charge is 0.481 e. The van der Waals surface area contributed by atoms with E-state index >= 15 is 0 Å². The number of ether oxygens (including phenoxy) is 1. The van der Waals surface area contributed by atoms with Gasteiger partial charge in [0.1, 0.15) is 11.3 Å². The molecule has 2 heterocycles. The van der Waals surface area contributed by atoms with E-state index in [1.54, 1.807) is 44.7 Å². The van der Waals surface area contributed by atoms with Gasteiger partial charge in [0.25, 0.3) is 5.91 Å². The van der Waals surface area contributed by atoms with Gasteiger partial charge in [0.15, 0.2) is 5.69 Å². The van der Waals surface area contributed by atoms with Crippen LogP contribution in [0.5, 0.6) is 0 Å². The Morgan fingerprint density at radius 3 is 2.41 bits per heavy atom. The average Bonchev–Trinajstić information content (AvgIpc) is 3.25. The number of hydrogen-bond acceptors (Lipinski definition) is 7. The third kappa shape index (κ3) is 6.46. The van der Waals surface area contributed by atoms with Crippen molar-refractivity contribution < 1.29 is 29.3 Å². The van der Waals surface area contributed by atoms with Crippen LogP contribution in [0.2, 0.25) is 0 Å². The third-order valence-corrected chi connectivity index (χ3v) is 6.20. The van der Waals surface area contributed by atoms with E-state index in [2.05, 4.69) is 10.3 Å². The van der Waals surface area contributed by atoms with Crippen LogP contribution in [0.25, 0.3) is 5.69 Å². The lowest BCUT2D eigenvalue weighted by Gasteiger charge is -2.46. The summed E-state index contributed by atoms with van der Waals surface area (Å²) in [6.07, 6.45) is -0.492. The van der Waals surface area contributed by atoms with E-state index in [4.69, 9.17) is 4.74 Å². The summed E-state index contributed by atoms with van der Waals surface area (Å²) in [5.41, 5.74) is -1.20. The standard InChI is InChI=1S/C26H37N5O6/c1-17(2)13-30(22(33)21-20(15-32)31(28-27-21)18-10-8-7-9-11-18)19-12-26(6,23(34)35)16-29(14-19)24(36)37-25(3,4)5/h7-11,17,19,32H,12-16H2,1-6H3,(H,34,35)/t19-,26+/m0/s1. The van der Waals surface area contributed by atoms with Gasteiger partial charge in [-0.25, -0.2) is 9.48 Å². The van der Waals surface area contributed by atoms with Gasteiger partial charge in [-0.15, -0.1) is 5.10 Å². The van der Waals surface area contributed by atoms with Crippen LogP contribution in [0.4, 0.5) is 4.79 Å². The molecule has 2 aromatic rings. The average molecular weight is 516 g/mol. The van der Waals surface area contributed by atoms with E-state index in [9.17, 15) is 24.6 Å². The van der Waals surface area contributed by atoms with Gasteiger partial charge in [-0.2, -0.15) is 0 Å². The Labute approximate surface area is 217 Å². The molecule has 1 aromatic heterocycles. The molecule has 0 radical (unpaired) electrons. The number of likely N-dealkylation sites (tertiary alicyclic amines) is 1. The number of aromatic nitrogens is 3. The Hall–Kier alpha value is -3.47. The minimum Gasteiger partial charge on any atom is -0.481 e. The Balaban J connectivity index is 2.00. The maximum absolute atomic E-state index is 13.9. The van der Waals surface area contributed by atoms with E-state index in [-0.39, 0.29) is 36.8 Å². The zero-order valence-electron chi connectivity index (χ0n) is 22.3. The Morgan fingerprint density at radius 2 is 1.86 bits per heavy atom. The van der Waals surface area contributed by atoms with Crippen LogP contribution in [0.3, 0.4) is 0 Å². The smallest absolute Gasteiger partial charge is 0.410 e. The first kappa shape index (κ1) is 28.1. The van der Waals surface area contributed by atoms with E-state index in [1.807, 2.05) is 32.0 Å². The Morgan fingerprint density at radius 1 is 1.22 bits per heavy atom. The molecule has 202 valence electrons. The van der Waals surface area contributed by atoms with Crippen molar-refractivity contribution in [3.63, 3.8) is 0 Å². The van der Waals surface area contributed by atoms with Crippen molar-refractivity contribution in [1.82, 2.24) is 24.8 Å². The molecular formula is C26H37N5O6. The third-order valence-electron chi connectivity index (χ3n) is 6.20. The first-order valence-electron chi connectivity index (χ1n) is 12.4. The molecule has 3 rings (SSSR count). The number of piperidine rings is 1. The van der Waals surface area contributed by atoms with Crippen LogP contribution in [-0.2, 0) is 16.1 Å². The first-order valence-corrected chi connectivity index (χ1v) is 12.4. The van der Waals surface area contributed by atoms with Crippen molar-refractivity contribution in [2.75, 3.05) is 19.6 Å². The monoisotopic (exact) mass is 515 g/mol. The highest BCUT2D eigenvalue weighted by Crippen LogP contribution is 2.34. The molecule has 0 spiro atoms. The molecule has 1 aromatic carbocycles. The first-order chi connectivity index (χ1) is 17.3. The van der Waals surface area contributed by atoms with Crippen LogP contribution in [0, 0.1) is 11.3 Å². The zero-order valence-corrected chi connectivity index (χ0v) is 22.3. The maximum atomic E-state index is 13.9. The highest BCUT2D eigenvalue weighted by Gasteiger charge is 2.47. The molecule has 0 unspecified atom stereocenters. The number of para-hydroxylation sites is 1. The van der Waals surface area contributed by atoms with Crippen LogP contribution in [0.1, 0.15) is 64.1 Å². The summed E-state index contributed by atoms with van der Waals surface area (Å²) in [5, 5.41) is 28.4. The summed E-state index contributed by atoms with van der Waals surface area (Å²) in [5.74, 6) is -1.50. The van der Waals surface area contributed by atoms with Crippen LogP contribution in [-0.4, -0.2) is 84.3 Å². The lowest BCUT2D eigenvalue weighted by molar-refractivity contribution is -0.152. The number of carboxylic acid groups (broad SMARTS) is 1. The number of carbonyl (C=O) groups is 3. The fourth-order valence-corrected chi connectivity index (χ4v) is 4.53. The van der Waals surface area contributed by atoms with Crippen molar-refractivity contribution in [2.45, 2.75) is 66.2 Å². The highest BCUT2D eigenvalue weighted by atomic mass is 16.6. The van der Waals surface area contributed by atoms with E-state index in [0.717, 1.165) is 0 Å². The number of carboxylic acids is 1. The predicted molar refractivity (Wildman–Crippen MR) is 135 cm³/mol. The number of carbonyl (C=O) groups excluding carboxylic acids is 2. The van der Waals surface area contributed by atoms with Gasteiger partial charge in [-0.3, -0.25) is 9.59 Å². The molecule has 1 aliphatic heterocycles. The number of nitrogens with zero attached hydrogens (tertiary/aromatic N) is 5. The number of aliphatic hydroxyl groups excluding tert-OH is 1. The fraction of sp³-hybridized carbons (Fsp3) is 0.577. The van der Waals surface area contributed by atoms with Crippen molar-refractivity contribution in [3.8, 4) is 5.69 Å². The van der Waals surface area contributed by atoms with E-state index < -0.39 is 41.6 Å². The zero-order chi connectivity index (χ0) is 27.5. The second kappa shape index (κ2) is 10.9. The van der Waals surface area contributed by atoms with Crippen molar-refractivity contribution in [2.24, 2.45) is 11.3 Å². The van der Waals surface area contributed by atoms with Crippen LogP contribution < -0.4 is 0 Å². The minimum absolute atomic E-state index is 0.0153. The second-order valence-electron chi connectivity index (χ2n) is 11.2. The molecule has 0 bridgehead atoms. The molecule has 1 fully saturated rings. The number of aliphatic hydroxyl groups is 1. The van der Waals surface area contributed by atoms with Gasteiger partial charge < -0.3 is 24.7 Å². The summed E-state index contributed by atoms with van der Waals surface area (Å²) in [4.78, 5) is 42.1. The number of amides is 2. The molecule has 11 nitrogen and oxygen atoms in total. The lowest BCUT2D eigenvalue weighted by atomic mass is 9.79. The van der Waals surface area contributed by atoms with Gasteiger partial charge in [-0.05, 0) is 52.2 Å². The molecule has 0 aliphatic carbocycles. The summed E-state index contributed by atoms with van der Waals surface area (Å²) in [6, 6.07) is 8.41. The molecule has 11 heteroatoms. The molecule has 37 heavy (non-hydrogen) atoms. The summed E-state index contributed by atoms with van der Waals surface area (Å²) in [7, 11) is 0. The number of hydrogen-bond donors (Lipinski definition) is 2. The van der Waals surface area contributed by atoms with Crippen molar-refractivity contribution >= 4 is 18.0 Å². The van der Waals surface area contributed by atoms with Gasteiger partial charge in [0.2, 0.25) is 0 Å². The summed E-state index contributed by atoms with van der Waals surface area (Å²) in [6.45, 7) is 10.6.